The molecule has 0 aromatic heterocycles. The molecule has 2 fully saturated rings. The number of urea groups is 1. The number of carbonyl (C=O) groups is 6. The highest BCUT2D eigenvalue weighted by atomic mass is 19.4. The number of likely N-dealkylation sites (tertiary alicyclic amines) is 1. The average Bonchev–Trinajstić information content (AvgIpc) is 3.32. The number of nitrogens with zero attached hydrogens (tertiary/aromatic N) is 2. The second-order valence-corrected chi connectivity index (χ2v) is 13.8. The molecule has 1 heterocycles. The summed E-state index contributed by atoms with van der Waals surface area (Å²) in [7, 11) is 1.56. The summed E-state index contributed by atoms with van der Waals surface area (Å²) in [5.74, 6) is -5.70. The van der Waals surface area contributed by atoms with Gasteiger partial charge in [0.2, 0.25) is 23.5 Å². The molecule has 1 saturated carbocycles. The lowest BCUT2D eigenvalue weighted by Crippen LogP contribution is -2.63. The molecule has 1 aliphatic carbocycles. The maximum atomic E-state index is 14.0. The fourth-order valence-corrected chi connectivity index (χ4v) is 5.38. The first-order valence-electron chi connectivity index (χ1n) is 14.5. The fraction of sp³-hybridized carbons (Fsp3) is 0.667. The minimum atomic E-state index is -4.67. The van der Waals surface area contributed by atoms with E-state index in [4.69, 9.17) is 5.73 Å². The van der Waals surface area contributed by atoms with E-state index < -0.39 is 89.5 Å². The van der Waals surface area contributed by atoms with Crippen molar-refractivity contribution in [2.24, 2.45) is 28.4 Å². The molecule has 6 atom stereocenters. The number of halogens is 3. The number of piperidine rings is 1. The zero-order chi connectivity index (χ0) is 34.8. The molecule has 2 aliphatic rings. The van der Waals surface area contributed by atoms with E-state index in [9.17, 15) is 41.9 Å². The molecule has 5 N–H and O–H groups in total. The van der Waals surface area contributed by atoms with E-state index in [-0.39, 0.29) is 24.9 Å². The van der Waals surface area contributed by atoms with Crippen molar-refractivity contribution in [1.82, 2.24) is 25.8 Å². The number of alkyl halides is 3. The van der Waals surface area contributed by atoms with Crippen molar-refractivity contribution < 1.29 is 41.9 Å². The first-order chi connectivity index (χ1) is 20.4. The summed E-state index contributed by atoms with van der Waals surface area (Å²) in [6, 6.07) is -6.11. The SMILES string of the molecule is C=CCN(C)C(=O)[C@@H](NC(=O)N[C@H](C(=O)N1C[C@@H]2C(=C)[C@@H]2[C@H]1C(=O)NC(CCC(F)(F)F)C(=O)C(N)=O)C(C)(C)C)C(C)(C)C. The van der Waals surface area contributed by atoms with Crippen molar-refractivity contribution >= 4 is 35.4 Å². The third kappa shape index (κ3) is 9.30. The van der Waals surface area contributed by atoms with Crippen molar-refractivity contribution in [2.45, 2.75) is 84.7 Å². The van der Waals surface area contributed by atoms with E-state index >= 15 is 0 Å². The lowest BCUT2D eigenvalue weighted by Gasteiger charge is -2.38. The third-order valence-electron chi connectivity index (χ3n) is 8.00. The molecule has 1 saturated heterocycles. The zero-order valence-electron chi connectivity index (χ0n) is 26.8. The Kier molecular flexibility index (Phi) is 11.3. The number of nitrogens with one attached hydrogen (secondary N) is 3. The van der Waals surface area contributed by atoms with Crippen LogP contribution in [0.1, 0.15) is 54.4 Å². The highest BCUT2D eigenvalue weighted by molar-refractivity contribution is 6.37. The summed E-state index contributed by atoms with van der Waals surface area (Å²) >= 11 is 0. The Bertz CT molecular complexity index is 1240. The third-order valence-corrected chi connectivity index (χ3v) is 8.00. The molecule has 1 aliphatic heterocycles. The summed E-state index contributed by atoms with van der Waals surface area (Å²) in [5, 5.41) is 7.51. The Hall–Kier alpha value is -3.91. The van der Waals surface area contributed by atoms with Gasteiger partial charge >= 0.3 is 12.2 Å². The van der Waals surface area contributed by atoms with Crippen LogP contribution in [0.2, 0.25) is 0 Å². The van der Waals surface area contributed by atoms with Crippen molar-refractivity contribution in [3.8, 4) is 0 Å². The van der Waals surface area contributed by atoms with Crippen LogP contribution in [0.4, 0.5) is 18.0 Å². The smallest absolute Gasteiger partial charge is 0.363 e. The number of hydrogen-bond acceptors (Lipinski definition) is 6. The summed E-state index contributed by atoms with van der Waals surface area (Å²) in [6.07, 6.45) is -5.52. The van der Waals surface area contributed by atoms with Crippen LogP contribution in [0.25, 0.3) is 0 Å². The van der Waals surface area contributed by atoms with Gasteiger partial charge in [0.15, 0.2) is 0 Å². The van der Waals surface area contributed by atoms with E-state index in [0.717, 1.165) is 0 Å². The van der Waals surface area contributed by atoms with Crippen LogP contribution < -0.4 is 21.7 Å². The Labute approximate surface area is 261 Å². The fourth-order valence-electron chi connectivity index (χ4n) is 5.38. The number of amides is 6. The van der Waals surface area contributed by atoms with Gasteiger partial charge in [-0.1, -0.05) is 59.8 Å². The monoisotopic (exact) mass is 642 g/mol. The minimum Gasteiger partial charge on any atom is -0.363 e. The van der Waals surface area contributed by atoms with E-state index in [1.54, 1.807) is 48.6 Å². The maximum Gasteiger partial charge on any atom is 0.389 e. The summed E-state index contributed by atoms with van der Waals surface area (Å²) in [5.41, 5.74) is 4.05. The summed E-state index contributed by atoms with van der Waals surface area (Å²) < 4.78 is 38.7. The molecule has 252 valence electrons. The highest BCUT2D eigenvalue weighted by Gasteiger charge is 2.61. The first-order valence-corrected chi connectivity index (χ1v) is 14.5. The van der Waals surface area contributed by atoms with Gasteiger partial charge in [-0.05, 0) is 17.3 Å². The number of hydrogen-bond donors (Lipinski definition) is 4. The number of carbonyl (C=O) groups excluding carboxylic acids is 6. The van der Waals surface area contributed by atoms with Crippen LogP contribution in [0, 0.1) is 22.7 Å². The quantitative estimate of drug-likeness (QED) is 0.186. The van der Waals surface area contributed by atoms with Gasteiger partial charge in [-0.15, -0.1) is 6.58 Å². The average molecular weight is 643 g/mol. The minimum absolute atomic E-state index is 0.0444. The zero-order valence-corrected chi connectivity index (χ0v) is 26.8. The molecule has 1 unspecified atom stereocenters. The van der Waals surface area contributed by atoms with Crippen LogP contribution >= 0.6 is 0 Å². The second kappa shape index (κ2) is 13.6. The highest BCUT2D eigenvalue weighted by Crippen LogP contribution is 2.54. The molecule has 0 spiro atoms. The Morgan fingerprint density at radius 2 is 1.53 bits per heavy atom. The van der Waals surface area contributed by atoms with E-state index in [2.05, 4.69) is 29.1 Å². The molecular formula is C30H45F3N6O6. The van der Waals surface area contributed by atoms with Crippen molar-refractivity contribution in [3.63, 3.8) is 0 Å². The molecule has 0 aromatic carbocycles. The summed E-state index contributed by atoms with van der Waals surface area (Å²) in [6.45, 7) is 18.2. The maximum absolute atomic E-state index is 14.0. The molecule has 0 bridgehead atoms. The van der Waals surface area contributed by atoms with Gasteiger partial charge in [0.05, 0.1) is 6.04 Å². The molecule has 2 rings (SSSR count). The van der Waals surface area contributed by atoms with Gasteiger partial charge in [0.1, 0.15) is 18.1 Å². The number of fused-ring (bicyclic) bond motifs is 1. The topological polar surface area (TPSA) is 171 Å². The van der Waals surface area contributed by atoms with Crippen molar-refractivity contribution in [1.29, 1.82) is 0 Å². The van der Waals surface area contributed by atoms with E-state index in [1.807, 2.05) is 0 Å². The van der Waals surface area contributed by atoms with Gasteiger partial charge in [-0.25, -0.2) is 4.79 Å². The molecule has 6 amide bonds. The largest absolute Gasteiger partial charge is 0.389 e. The van der Waals surface area contributed by atoms with Gasteiger partial charge < -0.3 is 31.5 Å². The van der Waals surface area contributed by atoms with Crippen LogP contribution in [-0.2, 0) is 24.0 Å². The Balaban J connectivity index is 2.32. The van der Waals surface area contributed by atoms with Crippen LogP contribution in [0.3, 0.4) is 0 Å². The molecule has 0 aromatic rings. The first kappa shape index (κ1) is 37.3. The van der Waals surface area contributed by atoms with Crippen molar-refractivity contribution in [2.75, 3.05) is 20.1 Å². The lowest BCUT2D eigenvalue weighted by atomic mass is 9.85. The van der Waals surface area contributed by atoms with Gasteiger partial charge in [0, 0.05) is 38.4 Å². The van der Waals surface area contributed by atoms with E-state index in [0.29, 0.717) is 5.57 Å². The number of likely N-dealkylation sites (N-methyl/N-ethyl adjacent to an activating group) is 1. The van der Waals surface area contributed by atoms with Gasteiger partial charge in [-0.2, -0.15) is 13.2 Å². The number of Topliss-reactive ketones (excluding diaryl/α,β-unsaturated/α-hetero) is 1. The number of nitrogens with two attached hydrogens (primary N) is 1. The number of primary amides is 1. The van der Waals surface area contributed by atoms with Crippen LogP contribution in [0.5, 0.6) is 0 Å². The van der Waals surface area contributed by atoms with Gasteiger partial charge in [-0.3, -0.25) is 24.0 Å². The molecule has 0 radical (unpaired) electrons. The Morgan fingerprint density at radius 3 is 2.00 bits per heavy atom. The molecule has 45 heavy (non-hydrogen) atoms. The number of rotatable bonds is 12. The van der Waals surface area contributed by atoms with Crippen LogP contribution in [-0.4, -0.2) is 95.7 Å². The second-order valence-electron chi connectivity index (χ2n) is 13.8. The summed E-state index contributed by atoms with van der Waals surface area (Å²) in [4.78, 5) is 80.3. The van der Waals surface area contributed by atoms with Gasteiger partial charge in [0.25, 0.3) is 5.91 Å². The molecule has 15 heteroatoms. The predicted octanol–water partition coefficient (Wildman–Crippen LogP) is 1.65. The molecular weight excluding hydrogens is 597 g/mol. The van der Waals surface area contributed by atoms with E-state index in [1.165, 1.54) is 15.9 Å². The molecule has 12 nitrogen and oxygen atoms in total. The Morgan fingerprint density at radius 1 is 1.00 bits per heavy atom. The standard InChI is InChI=1S/C30H45F3N6O6/c1-10-13-38(9)25(43)21(28(3,4)5)36-27(45)37-22(29(6,7)8)26(44)39-14-16-15(2)18(16)19(39)24(42)35-17(20(40)23(34)41)11-12-30(31,32)33/h10,16-19,21-22H,1-2,11-14H2,3-9H3,(H2,34,41)(H,35,42)(H2,36,37,45)/t16-,17?,18+,19+,21-,22-/m1/s1. The van der Waals surface area contributed by atoms with Crippen molar-refractivity contribution in [3.05, 3.63) is 24.8 Å². The number of ketones is 1. The predicted molar refractivity (Wildman–Crippen MR) is 159 cm³/mol. The van der Waals surface area contributed by atoms with Crippen LogP contribution in [0.15, 0.2) is 24.8 Å². The normalized spacial score (nSPS) is 21.5. The lowest BCUT2D eigenvalue weighted by molar-refractivity contribution is -0.147.